The highest BCUT2D eigenvalue weighted by atomic mass is 28.2. The lowest BCUT2D eigenvalue weighted by Crippen LogP contribution is -2.21. The summed E-state index contributed by atoms with van der Waals surface area (Å²) < 4.78 is 21.7. The average molecular weight is 475 g/mol. The molecule has 0 saturated heterocycles. The number of esters is 1. The van der Waals surface area contributed by atoms with E-state index in [1.54, 1.807) is 0 Å². The number of rotatable bonds is 23. The first-order valence-electron chi connectivity index (χ1n) is 13.1. The highest BCUT2D eigenvalue weighted by Gasteiger charge is 2.07. The predicted octanol–water partition coefficient (Wildman–Crippen LogP) is 6.09. The molecule has 0 aliphatic heterocycles. The van der Waals surface area contributed by atoms with E-state index in [0.29, 0.717) is 6.42 Å². The van der Waals surface area contributed by atoms with Gasteiger partial charge >= 0.3 is 15.3 Å². The highest BCUT2D eigenvalue weighted by Crippen LogP contribution is 2.14. The Bertz CT molecular complexity index is 413. The second kappa shape index (κ2) is 30.2. The number of aliphatic hydroxyl groups is 2. The molecule has 0 heterocycles. The molecule has 1 atom stereocenters. The third-order valence-electron chi connectivity index (χ3n) is 5.63. The summed E-state index contributed by atoms with van der Waals surface area (Å²) in [7, 11) is -1.42. The van der Waals surface area contributed by atoms with Gasteiger partial charge < -0.3 is 14.9 Å². The van der Waals surface area contributed by atoms with E-state index in [2.05, 4.69) is 6.92 Å². The topological polar surface area (TPSA) is 101 Å². The third kappa shape index (κ3) is 31.4. The van der Waals surface area contributed by atoms with Crippen molar-refractivity contribution < 1.29 is 28.7 Å². The van der Waals surface area contributed by atoms with E-state index in [4.69, 9.17) is 23.9 Å². The van der Waals surface area contributed by atoms with Gasteiger partial charge in [0, 0.05) is 6.42 Å². The summed E-state index contributed by atoms with van der Waals surface area (Å²) in [5, 5.41) is 17.8. The van der Waals surface area contributed by atoms with Crippen LogP contribution in [0.1, 0.15) is 135 Å². The van der Waals surface area contributed by atoms with Crippen molar-refractivity contribution in [3.05, 3.63) is 0 Å². The molecule has 190 valence electrons. The summed E-state index contributed by atoms with van der Waals surface area (Å²) >= 11 is 0. The number of unbranched alkanes of at least 4 members (excludes halogenated alkanes) is 18. The highest BCUT2D eigenvalue weighted by molar-refractivity contribution is 5.94. The van der Waals surface area contributed by atoms with Crippen molar-refractivity contribution in [1.29, 1.82) is 0 Å². The van der Waals surface area contributed by atoms with Gasteiger partial charge in [-0.15, -0.1) is 0 Å². The molecule has 0 rings (SSSR count). The van der Waals surface area contributed by atoms with E-state index in [1.165, 1.54) is 109 Å². The van der Waals surface area contributed by atoms with Gasteiger partial charge in [0.15, 0.2) is 0 Å². The van der Waals surface area contributed by atoms with Gasteiger partial charge in [-0.05, 0) is 6.42 Å². The molecule has 0 radical (unpaired) electrons. The molecular weight excluding hydrogens is 424 g/mol. The maximum atomic E-state index is 11.4. The van der Waals surface area contributed by atoms with Crippen molar-refractivity contribution in [1.82, 2.24) is 0 Å². The Hall–Kier alpha value is -0.793. The van der Waals surface area contributed by atoms with E-state index in [1.807, 2.05) is 0 Å². The number of hydrogen-bond acceptors (Lipinski definition) is 6. The minimum absolute atomic E-state index is 0.103. The van der Waals surface area contributed by atoms with E-state index >= 15 is 0 Å². The minimum atomic E-state index is -1.42. The van der Waals surface area contributed by atoms with Crippen LogP contribution in [0.25, 0.3) is 0 Å². The lowest BCUT2D eigenvalue weighted by molar-refractivity contribution is -0.147. The molecule has 0 aromatic rings. The van der Waals surface area contributed by atoms with Gasteiger partial charge in [0.05, 0.1) is 6.61 Å². The van der Waals surface area contributed by atoms with Crippen molar-refractivity contribution in [2.45, 2.75) is 141 Å². The molecule has 0 spiro atoms. The molecule has 0 aromatic heterocycles. The van der Waals surface area contributed by atoms with Gasteiger partial charge in [0.2, 0.25) is 0 Å². The number of ether oxygens (including phenoxy) is 1. The molecule has 0 saturated carbocycles. The van der Waals surface area contributed by atoms with Gasteiger partial charge in [-0.2, -0.15) is 0 Å². The summed E-state index contributed by atoms with van der Waals surface area (Å²) in [4.78, 5) is 11.4. The maximum absolute atomic E-state index is 11.4. The number of carbonyl (C=O) groups is 1. The van der Waals surface area contributed by atoms with Crippen molar-refractivity contribution in [3.8, 4) is 0 Å². The first kappa shape index (κ1) is 33.4. The lowest BCUT2D eigenvalue weighted by Gasteiger charge is -2.08. The molecule has 0 aliphatic rings. The van der Waals surface area contributed by atoms with E-state index in [9.17, 15) is 4.79 Å². The van der Waals surface area contributed by atoms with Gasteiger partial charge in [-0.1, -0.05) is 122 Å². The molecule has 0 amide bonds. The zero-order valence-corrected chi connectivity index (χ0v) is 21.7. The van der Waals surface area contributed by atoms with Gasteiger partial charge in [-0.3, -0.25) is 13.7 Å². The van der Waals surface area contributed by atoms with E-state index < -0.39 is 15.4 Å². The van der Waals surface area contributed by atoms with Gasteiger partial charge in [0.1, 0.15) is 12.7 Å². The first-order chi connectivity index (χ1) is 15.6. The van der Waals surface area contributed by atoms with Crippen LogP contribution in [0.4, 0.5) is 0 Å². The van der Waals surface area contributed by atoms with Crippen LogP contribution in [-0.2, 0) is 18.5 Å². The normalized spacial score (nSPS) is 11.3. The Morgan fingerprint density at radius 2 is 1.00 bits per heavy atom. The largest absolute Gasteiger partial charge is 0.549 e. The second-order valence-electron chi connectivity index (χ2n) is 8.72. The Kier molecular flexibility index (Phi) is 31.5. The Morgan fingerprint density at radius 1 is 0.688 bits per heavy atom. The molecule has 1 unspecified atom stereocenters. The van der Waals surface area contributed by atoms with Crippen LogP contribution < -0.4 is 0 Å². The van der Waals surface area contributed by atoms with Gasteiger partial charge in [0.25, 0.3) is 0 Å². The number of carbonyl (C=O) groups excluding carboxylic acids is 1. The number of aliphatic hydroxyl groups excluding tert-OH is 2. The van der Waals surface area contributed by atoms with E-state index in [0.717, 1.165) is 12.8 Å². The van der Waals surface area contributed by atoms with E-state index in [-0.39, 0.29) is 19.2 Å². The second-order valence-corrected chi connectivity index (χ2v) is 8.88. The SMILES string of the molecule is CCCCCCCCCCCCCCCCCCCCCC(=O)OCC(O)CO.O=[Si]=O. The quantitative estimate of drug-likeness (QED) is 0.106. The zero-order chi connectivity index (χ0) is 24.1. The Morgan fingerprint density at radius 3 is 1.31 bits per heavy atom. The Labute approximate surface area is 198 Å². The average Bonchev–Trinajstić information content (AvgIpc) is 2.79. The molecular formula is C25H50O6Si. The van der Waals surface area contributed by atoms with Crippen LogP contribution in [0.3, 0.4) is 0 Å². The first-order valence-corrected chi connectivity index (χ1v) is 13.9. The molecule has 6 nitrogen and oxygen atoms in total. The standard InChI is InChI=1S/C25H50O4.O2Si/c1-2-3-4-5-6-7-8-9-10-11-12-13-14-15-16-17-18-19-20-21-25(28)29-23-24(27)22-26;1-3-2/h24,26-27H,2-23H2,1H3;. The minimum Gasteiger partial charge on any atom is -0.463 e. The molecule has 0 fully saturated rings. The lowest BCUT2D eigenvalue weighted by atomic mass is 10.0. The van der Waals surface area contributed by atoms with Crippen molar-refractivity contribution in [2.24, 2.45) is 0 Å². The molecule has 32 heavy (non-hydrogen) atoms. The molecule has 0 bridgehead atoms. The van der Waals surface area contributed by atoms with Crippen LogP contribution >= 0.6 is 0 Å². The predicted molar refractivity (Wildman–Crippen MR) is 129 cm³/mol. The summed E-state index contributed by atoms with van der Waals surface area (Å²) in [6, 6.07) is 0. The fourth-order valence-corrected chi connectivity index (χ4v) is 3.66. The summed E-state index contributed by atoms with van der Waals surface area (Å²) in [6.07, 6.45) is 24.9. The fraction of sp³-hybridized carbons (Fsp3) is 0.960. The molecule has 2 N–H and O–H groups in total. The molecule has 0 aliphatic carbocycles. The monoisotopic (exact) mass is 474 g/mol. The fourth-order valence-electron chi connectivity index (χ4n) is 3.66. The van der Waals surface area contributed by atoms with Crippen LogP contribution in [0, 0.1) is 0 Å². The Balaban J connectivity index is 0. The van der Waals surface area contributed by atoms with Crippen LogP contribution in [-0.4, -0.2) is 44.8 Å². The van der Waals surface area contributed by atoms with Crippen molar-refractivity contribution in [2.75, 3.05) is 13.2 Å². The third-order valence-corrected chi connectivity index (χ3v) is 5.63. The zero-order valence-electron chi connectivity index (χ0n) is 20.7. The van der Waals surface area contributed by atoms with Crippen LogP contribution in [0.5, 0.6) is 0 Å². The summed E-state index contributed by atoms with van der Waals surface area (Å²) in [5.41, 5.74) is 0. The van der Waals surface area contributed by atoms with Gasteiger partial charge in [-0.25, -0.2) is 0 Å². The molecule has 0 aromatic carbocycles. The molecule has 7 heteroatoms. The smallest absolute Gasteiger partial charge is 0.463 e. The van der Waals surface area contributed by atoms with Crippen LogP contribution in [0.2, 0.25) is 0 Å². The van der Waals surface area contributed by atoms with Crippen molar-refractivity contribution in [3.63, 3.8) is 0 Å². The maximum Gasteiger partial charge on any atom is 0.549 e. The summed E-state index contributed by atoms with van der Waals surface area (Å²) in [6.45, 7) is 1.81. The van der Waals surface area contributed by atoms with Crippen molar-refractivity contribution >= 4 is 15.3 Å². The summed E-state index contributed by atoms with van der Waals surface area (Å²) in [5.74, 6) is -0.274. The van der Waals surface area contributed by atoms with Crippen LogP contribution in [0.15, 0.2) is 0 Å². The number of hydrogen-bond donors (Lipinski definition) is 2.